The molecule has 1 heterocycles. The van der Waals surface area contributed by atoms with Gasteiger partial charge in [0.15, 0.2) is 0 Å². The molecule has 3 unspecified atom stereocenters. The van der Waals surface area contributed by atoms with Crippen molar-refractivity contribution >= 4 is 11.8 Å². The second-order valence-corrected chi connectivity index (χ2v) is 7.31. The first kappa shape index (κ1) is 14.3. The van der Waals surface area contributed by atoms with Crippen molar-refractivity contribution in [2.24, 2.45) is 5.92 Å². The summed E-state index contributed by atoms with van der Waals surface area (Å²) >= 11 is 1.90. The molecular weight excluding hydrogens is 270 g/mol. The van der Waals surface area contributed by atoms with Crippen LogP contribution in [-0.4, -0.2) is 38.0 Å². The lowest BCUT2D eigenvalue weighted by Crippen LogP contribution is -2.33. The third-order valence-electron chi connectivity index (χ3n) is 4.84. The van der Waals surface area contributed by atoms with Crippen LogP contribution in [0.5, 0.6) is 0 Å². The Hall–Kier alpha value is -0.620. The summed E-state index contributed by atoms with van der Waals surface area (Å²) in [4.78, 5) is 0. The Kier molecular flexibility index (Phi) is 4.61. The molecule has 2 aliphatic carbocycles. The van der Waals surface area contributed by atoms with Gasteiger partial charge in [-0.2, -0.15) is 0 Å². The van der Waals surface area contributed by atoms with Crippen LogP contribution < -0.4 is 5.32 Å². The van der Waals surface area contributed by atoms with Crippen LogP contribution in [0.3, 0.4) is 0 Å². The Morgan fingerprint density at radius 3 is 2.80 bits per heavy atom. The van der Waals surface area contributed by atoms with Gasteiger partial charge >= 0.3 is 0 Å². The first-order valence-electron chi connectivity index (χ1n) is 7.97. The van der Waals surface area contributed by atoms with E-state index in [1.54, 1.807) is 0 Å². The van der Waals surface area contributed by atoms with E-state index in [0.717, 1.165) is 11.7 Å². The van der Waals surface area contributed by atoms with Gasteiger partial charge in [-0.3, -0.25) is 0 Å². The zero-order valence-electron chi connectivity index (χ0n) is 12.5. The number of nitrogens with one attached hydrogen (secondary N) is 1. The largest absolute Gasteiger partial charge is 0.314 e. The summed E-state index contributed by atoms with van der Waals surface area (Å²) in [6.07, 6.45) is 7.64. The summed E-state index contributed by atoms with van der Waals surface area (Å²) in [7, 11) is 0. The molecule has 3 rings (SSSR count). The van der Waals surface area contributed by atoms with Gasteiger partial charge in [-0.25, -0.2) is 4.68 Å². The van der Waals surface area contributed by atoms with Crippen molar-refractivity contribution in [2.75, 3.05) is 6.54 Å². The van der Waals surface area contributed by atoms with E-state index in [4.69, 9.17) is 0 Å². The molecule has 0 amide bonds. The third kappa shape index (κ3) is 2.86. The Balaban J connectivity index is 1.65. The van der Waals surface area contributed by atoms with Gasteiger partial charge in [-0.15, -0.1) is 5.10 Å². The van der Waals surface area contributed by atoms with Crippen LogP contribution in [0.2, 0.25) is 0 Å². The number of thioether (sulfide) groups is 1. The highest BCUT2D eigenvalue weighted by Gasteiger charge is 2.34. The lowest BCUT2D eigenvalue weighted by molar-refractivity contribution is 0.420. The standard InChI is InChI=1S/C14H25N5S/c1-3-15-12-8-9-13(10(12)2)20-14-16-17-18-19(14)11-6-4-5-7-11/h10-13,15H,3-9H2,1-2H3. The maximum Gasteiger partial charge on any atom is 0.209 e. The third-order valence-corrected chi connectivity index (χ3v) is 6.29. The lowest BCUT2D eigenvalue weighted by atomic mass is 10.1. The summed E-state index contributed by atoms with van der Waals surface area (Å²) in [6.45, 7) is 5.61. The monoisotopic (exact) mass is 295 g/mol. The van der Waals surface area contributed by atoms with Crippen molar-refractivity contribution < 1.29 is 0 Å². The van der Waals surface area contributed by atoms with Crippen molar-refractivity contribution in [1.29, 1.82) is 0 Å². The van der Waals surface area contributed by atoms with Crippen LogP contribution in [0.4, 0.5) is 0 Å². The fourth-order valence-electron chi connectivity index (χ4n) is 3.62. The summed E-state index contributed by atoms with van der Waals surface area (Å²) in [6, 6.07) is 1.20. The molecule has 20 heavy (non-hydrogen) atoms. The number of hydrogen-bond donors (Lipinski definition) is 1. The molecule has 1 N–H and O–H groups in total. The predicted molar refractivity (Wildman–Crippen MR) is 80.8 cm³/mol. The van der Waals surface area contributed by atoms with Crippen molar-refractivity contribution in [2.45, 2.75) is 74.9 Å². The van der Waals surface area contributed by atoms with Crippen molar-refractivity contribution in [3.63, 3.8) is 0 Å². The Morgan fingerprint density at radius 1 is 1.25 bits per heavy atom. The van der Waals surface area contributed by atoms with Gasteiger partial charge < -0.3 is 5.32 Å². The quantitative estimate of drug-likeness (QED) is 0.905. The number of nitrogens with zero attached hydrogens (tertiary/aromatic N) is 4. The molecule has 1 aromatic heterocycles. The van der Waals surface area contributed by atoms with E-state index in [1.807, 2.05) is 11.8 Å². The summed E-state index contributed by atoms with van der Waals surface area (Å²) in [5.41, 5.74) is 0. The fraction of sp³-hybridized carbons (Fsp3) is 0.929. The van der Waals surface area contributed by atoms with Gasteiger partial charge in [-0.05, 0) is 48.6 Å². The summed E-state index contributed by atoms with van der Waals surface area (Å²) in [5, 5.41) is 17.7. The average molecular weight is 295 g/mol. The SMILES string of the molecule is CCNC1CCC(Sc2nnnn2C2CCCC2)C1C. The van der Waals surface area contributed by atoms with Crippen LogP contribution in [0.25, 0.3) is 0 Å². The van der Waals surface area contributed by atoms with Crippen LogP contribution in [0.1, 0.15) is 58.4 Å². The lowest BCUT2D eigenvalue weighted by Gasteiger charge is -2.21. The second-order valence-electron chi connectivity index (χ2n) is 6.10. The molecule has 3 atom stereocenters. The van der Waals surface area contributed by atoms with Gasteiger partial charge in [0.2, 0.25) is 5.16 Å². The van der Waals surface area contributed by atoms with Gasteiger partial charge in [0.25, 0.3) is 0 Å². The molecule has 0 bridgehead atoms. The average Bonchev–Trinajstić information content (AvgIpc) is 3.15. The zero-order chi connectivity index (χ0) is 13.9. The number of aromatic nitrogens is 4. The minimum absolute atomic E-state index is 0.536. The zero-order valence-corrected chi connectivity index (χ0v) is 13.3. The van der Waals surface area contributed by atoms with Crippen LogP contribution in [-0.2, 0) is 0 Å². The van der Waals surface area contributed by atoms with Gasteiger partial charge in [-0.1, -0.05) is 38.5 Å². The van der Waals surface area contributed by atoms with E-state index in [2.05, 4.69) is 39.4 Å². The summed E-state index contributed by atoms with van der Waals surface area (Å²) in [5.74, 6) is 0.689. The van der Waals surface area contributed by atoms with Crippen molar-refractivity contribution in [1.82, 2.24) is 25.5 Å². The topological polar surface area (TPSA) is 55.6 Å². The molecule has 0 aromatic carbocycles. The number of tetrazole rings is 1. The van der Waals surface area contributed by atoms with Gasteiger partial charge in [0.1, 0.15) is 0 Å². The second kappa shape index (κ2) is 6.43. The summed E-state index contributed by atoms with van der Waals surface area (Å²) < 4.78 is 2.09. The molecule has 6 heteroatoms. The van der Waals surface area contributed by atoms with E-state index in [0.29, 0.717) is 23.3 Å². The van der Waals surface area contributed by atoms with Gasteiger partial charge in [0, 0.05) is 11.3 Å². The molecule has 2 saturated carbocycles. The van der Waals surface area contributed by atoms with Crippen LogP contribution in [0, 0.1) is 5.92 Å². The maximum atomic E-state index is 4.27. The fourth-order valence-corrected chi connectivity index (χ4v) is 4.93. The van der Waals surface area contributed by atoms with Crippen molar-refractivity contribution in [3.8, 4) is 0 Å². The highest BCUT2D eigenvalue weighted by atomic mass is 32.2. The molecule has 1 aromatic rings. The van der Waals surface area contributed by atoms with E-state index >= 15 is 0 Å². The van der Waals surface area contributed by atoms with Crippen molar-refractivity contribution in [3.05, 3.63) is 0 Å². The van der Waals surface area contributed by atoms with E-state index in [9.17, 15) is 0 Å². The molecule has 0 saturated heterocycles. The molecule has 5 nitrogen and oxygen atoms in total. The van der Waals surface area contributed by atoms with Crippen LogP contribution in [0.15, 0.2) is 5.16 Å². The molecule has 0 spiro atoms. The number of rotatable bonds is 5. The molecule has 2 fully saturated rings. The number of hydrogen-bond acceptors (Lipinski definition) is 5. The Bertz CT molecular complexity index is 429. The molecule has 112 valence electrons. The van der Waals surface area contributed by atoms with E-state index in [-0.39, 0.29) is 0 Å². The molecule has 0 radical (unpaired) electrons. The Labute approximate surface area is 125 Å². The first-order valence-corrected chi connectivity index (χ1v) is 8.85. The predicted octanol–water partition coefficient (Wildman–Crippen LogP) is 2.66. The van der Waals surface area contributed by atoms with E-state index < -0.39 is 0 Å². The smallest absolute Gasteiger partial charge is 0.209 e. The van der Waals surface area contributed by atoms with Gasteiger partial charge in [0.05, 0.1) is 6.04 Å². The minimum Gasteiger partial charge on any atom is -0.314 e. The molecule has 0 aliphatic heterocycles. The maximum absolute atomic E-state index is 4.27. The molecule has 2 aliphatic rings. The first-order chi connectivity index (χ1) is 9.79. The normalized spacial score (nSPS) is 31.2. The van der Waals surface area contributed by atoms with Crippen LogP contribution >= 0.6 is 11.8 Å². The highest BCUT2D eigenvalue weighted by Crippen LogP contribution is 2.40. The molecular formula is C14H25N5S. The Morgan fingerprint density at radius 2 is 2.05 bits per heavy atom. The highest BCUT2D eigenvalue weighted by molar-refractivity contribution is 7.99. The van der Waals surface area contributed by atoms with E-state index in [1.165, 1.54) is 38.5 Å². The minimum atomic E-state index is 0.536.